The molecule has 120 valence electrons. The van der Waals surface area contributed by atoms with Crippen LogP contribution in [0.2, 0.25) is 0 Å². The third-order valence-corrected chi connectivity index (χ3v) is 7.11. The monoisotopic (exact) mass is 336 g/mol. The van der Waals surface area contributed by atoms with E-state index in [1.807, 2.05) is 0 Å². The van der Waals surface area contributed by atoms with E-state index < -0.39 is 25.1 Å². The Bertz CT molecular complexity index is 691. The molecule has 0 bridgehead atoms. The Balaban J connectivity index is 1.94. The van der Waals surface area contributed by atoms with Crippen LogP contribution in [0.5, 0.6) is 0 Å². The molecule has 2 heterocycles. The van der Waals surface area contributed by atoms with E-state index in [2.05, 4.69) is 23.7 Å². The SMILES string of the molecule is CC(C)Cc1cc(CNS(=O)(=O)C2CCS(=O)(=O)C2)on1. The molecule has 1 aromatic rings. The van der Waals surface area contributed by atoms with Gasteiger partial charge in [0.25, 0.3) is 0 Å². The fourth-order valence-corrected chi connectivity index (χ4v) is 6.29. The molecule has 1 saturated heterocycles. The Morgan fingerprint density at radius 2 is 2.19 bits per heavy atom. The van der Waals surface area contributed by atoms with Crippen molar-refractivity contribution in [2.45, 2.75) is 38.5 Å². The van der Waals surface area contributed by atoms with Crippen molar-refractivity contribution < 1.29 is 21.4 Å². The van der Waals surface area contributed by atoms with E-state index in [1.54, 1.807) is 6.07 Å². The van der Waals surface area contributed by atoms with Crippen LogP contribution in [0, 0.1) is 5.92 Å². The molecule has 7 nitrogen and oxygen atoms in total. The van der Waals surface area contributed by atoms with Gasteiger partial charge in [0, 0.05) is 6.07 Å². The Kier molecular flexibility index (Phi) is 4.74. The van der Waals surface area contributed by atoms with Crippen molar-refractivity contribution in [1.82, 2.24) is 9.88 Å². The first kappa shape index (κ1) is 16.4. The van der Waals surface area contributed by atoms with Crippen LogP contribution in [-0.4, -0.2) is 38.7 Å². The molecule has 1 aliphatic rings. The normalized spacial score (nSPS) is 22.0. The summed E-state index contributed by atoms with van der Waals surface area (Å²) in [5, 5.41) is 3.00. The van der Waals surface area contributed by atoms with Crippen molar-refractivity contribution in [3.8, 4) is 0 Å². The van der Waals surface area contributed by atoms with Gasteiger partial charge in [0.2, 0.25) is 10.0 Å². The molecule has 1 fully saturated rings. The Morgan fingerprint density at radius 3 is 2.76 bits per heavy atom. The molecule has 0 spiro atoms. The zero-order valence-corrected chi connectivity index (χ0v) is 13.7. The summed E-state index contributed by atoms with van der Waals surface area (Å²) in [6.45, 7) is 4.10. The van der Waals surface area contributed by atoms with E-state index in [-0.39, 0.29) is 24.5 Å². The van der Waals surface area contributed by atoms with Gasteiger partial charge in [0.05, 0.1) is 29.0 Å². The highest BCUT2D eigenvalue weighted by Crippen LogP contribution is 2.18. The Labute approximate surface area is 125 Å². The van der Waals surface area contributed by atoms with Gasteiger partial charge < -0.3 is 4.52 Å². The van der Waals surface area contributed by atoms with Crippen molar-refractivity contribution >= 4 is 19.9 Å². The second-order valence-corrected chi connectivity index (χ2v) is 10.0. The van der Waals surface area contributed by atoms with E-state index in [0.29, 0.717) is 11.7 Å². The summed E-state index contributed by atoms with van der Waals surface area (Å²) >= 11 is 0. The summed E-state index contributed by atoms with van der Waals surface area (Å²) in [5.74, 6) is 0.481. The number of aromatic nitrogens is 1. The van der Waals surface area contributed by atoms with Crippen molar-refractivity contribution in [3.63, 3.8) is 0 Å². The minimum absolute atomic E-state index is 0.00994. The smallest absolute Gasteiger partial charge is 0.215 e. The number of hydrogen-bond acceptors (Lipinski definition) is 6. The standard InChI is InChI=1S/C12H20N2O5S2/c1-9(2)5-10-6-11(19-14-10)7-13-21(17,18)12-3-4-20(15,16)8-12/h6,9,12-13H,3-5,7-8H2,1-2H3. The van der Waals surface area contributed by atoms with Crippen LogP contribution in [0.3, 0.4) is 0 Å². The first-order valence-corrected chi connectivity index (χ1v) is 10.2. The molecule has 1 unspecified atom stereocenters. The maximum atomic E-state index is 12.0. The molecule has 1 atom stereocenters. The van der Waals surface area contributed by atoms with Crippen LogP contribution in [0.15, 0.2) is 10.6 Å². The number of sulfone groups is 1. The second-order valence-electron chi connectivity index (χ2n) is 5.77. The summed E-state index contributed by atoms with van der Waals surface area (Å²) in [6.07, 6.45) is 0.907. The van der Waals surface area contributed by atoms with Crippen LogP contribution in [-0.2, 0) is 32.8 Å². The van der Waals surface area contributed by atoms with Gasteiger partial charge in [-0.3, -0.25) is 0 Å². The minimum Gasteiger partial charge on any atom is -0.360 e. The lowest BCUT2D eigenvalue weighted by molar-refractivity contribution is 0.371. The maximum absolute atomic E-state index is 12.0. The van der Waals surface area contributed by atoms with Crippen molar-refractivity contribution in [3.05, 3.63) is 17.5 Å². The van der Waals surface area contributed by atoms with Gasteiger partial charge in [-0.05, 0) is 18.8 Å². The molecule has 9 heteroatoms. The summed E-state index contributed by atoms with van der Waals surface area (Å²) in [7, 11) is -6.89. The zero-order chi connectivity index (χ0) is 15.7. The molecule has 0 radical (unpaired) electrons. The average molecular weight is 336 g/mol. The molecule has 0 amide bonds. The van der Waals surface area contributed by atoms with E-state index in [1.165, 1.54) is 0 Å². The molecule has 1 N–H and O–H groups in total. The lowest BCUT2D eigenvalue weighted by atomic mass is 10.1. The number of nitrogens with one attached hydrogen (secondary N) is 1. The summed E-state index contributed by atoms with van der Waals surface area (Å²) in [4.78, 5) is 0. The van der Waals surface area contributed by atoms with Crippen LogP contribution >= 0.6 is 0 Å². The van der Waals surface area contributed by atoms with Crippen molar-refractivity contribution in [2.75, 3.05) is 11.5 Å². The van der Waals surface area contributed by atoms with E-state index in [0.717, 1.165) is 12.1 Å². The van der Waals surface area contributed by atoms with Crippen molar-refractivity contribution in [2.24, 2.45) is 5.92 Å². The van der Waals surface area contributed by atoms with Gasteiger partial charge in [-0.25, -0.2) is 21.6 Å². The third kappa shape index (κ3) is 4.52. The van der Waals surface area contributed by atoms with Crippen LogP contribution in [0.1, 0.15) is 31.7 Å². The zero-order valence-electron chi connectivity index (χ0n) is 12.1. The predicted molar refractivity (Wildman–Crippen MR) is 77.9 cm³/mol. The largest absolute Gasteiger partial charge is 0.360 e. The van der Waals surface area contributed by atoms with Gasteiger partial charge in [-0.15, -0.1) is 0 Å². The van der Waals surface area contributed by atoms with Crippen LogP contribution in [0.25, 0.3) is 0 Å². The van der Waals surface area contributed by atoms with Crippen LogP contribution in [0.4, 0.5) is 0 Å². The Hall–Kier alpha value is -0.930. The fourth-order valence-electron chi connectivity index (χ4n) is 2.25. The lowest BCUT2D eigenvalue weighted by Crippen LogP contribution is -2.34. The van der Waals surface area contributed by atoms with E-state index in [4.69, 9.17) is 4.52 Å². The molecule has 0 saturated carbocycles. The molecule has 1 aromatic heterocycles. The molecular weight excluding hydrogens is 316 g/mol. The fraction of sp³-hybridized carbons (Fsp3) is 0.750. The summed E-state index contributed by atoms with van der Waals surface area (Å²) in [6, 6.07) is 1.72. The van der Waals surface area contributed by atoms with Gasteiger partial charge >= 0.3 is 0 Å². The average Bonchev–Trinajstić information content (AvgIpc) is 2.93. The molecule has 0 aliphatic carbocycles. The first-order chi connectivity index (χ1) is 9.68. The molecule has 1 aliphatic heterocycles. The first-order valence-electron chi connectivity index (χ1n) is 6.81. The number of rotatable bonds is 6. The summed E-state index contributed by atoms with van der Waals surface area (Å²) < 4.78 is 54.2. The molecule has 21 heavy (non-hydrogen) atoms. The van der Waals surface area contributed by atoms with Gasteiger partial charge in [-0.2, -0.15) is 0 Å². The van der Waals surface area contributed by atoms with Crippen LogP contribution < -0.4 is 4.72 Å². The highest BCUT2D eigenvalue weighted by molar-refractivity contribution is 7.95. The number of hydrogen-bond donors (Lipinski definition) is 1. The number of sulfonamides is 1. The highest BCUT2D eigenvalue weighted by Gasteiger charge is 2.37. The quantitative estimate of drug-likeness (QED) is 0.810. The van der Waals surface area contributed by atoms with Gasteiger partial charge in [0.15, 0.2) is 15.6 Å². The van der Waals surface area contributed by atoms with E-state index >= 15 is 0 Å². The lowest BCUT2D eigenvalue weighted by Gasteiger charge is -2.09. The number of nitrogens with zero attached hydrogens (tertiary/aromatic N) is 1. The van der Waals surface area contributed by atoms with Crippen molar-refractivity contribution in [1.29, 1.82) is 0 Å². The second kappa shape index (κ2) is 6.05. The topological polar surface area (TPSA) is 106 Å². The molecule has 2 rings (SSSR count). The maximum Gasteiger partial charge on any atom is 0.215 e. The summed E-state index contributed by atoms with van der Waals surface area (Å²) in [5.41, 5.74) is 0.780. The highest BCUT2D eigenvalue weighted by atomic mass is 32.2. The van der Waals surface area contributed by atoms with Gasteiger partial charge in [0.1, 0.15) is 0 Å². The molecule has 0 aromatic carbocycles. The predicted octanol–water partition coefficient (Wildman–Crippen LogP) is 0.480. The van der Waals surface area contributed by atoms with E-state index in [9.17, 15) is 16.8 Å². The molecular formula is C12H20N2O5S2. The minimum atomic E-state index is -3.66. The Morgan fingerprint density at radius 1 is 1.48 bits per heavy atom. The third-order valence-electron chi connectivity index (χ3n) is 3.30. The van der Waals surface area contributed by atoms with Gasteiger partial charge in [-0.1, -0.05) is 19.0 Å².